The van der Waals surface area contributed by atoms with E-state index in [2.05, 4.69) is 15.6 Å². The standard InChI is InChI=1S/C23H22FN3O2/c1-3-15-8-7-9-16(4-2)21(15)27-23(29)18-12-17(13-25-14-18)22(28)26-20-11-6-5-10-19(20)24/h5-14H,3-4H2,1-2H3,(H,26,28)(H,27,29). The zero-order valence-corrected chi connectivity index (χ0v) is 16.3. The van der Waals surface area contributed by atoms with E-state index in [1.807, 2.05) is 32.0 Å². The SMILES string of the molecule is CCc1cccc(CC)c1NC(=O)c1cncc(C(=O)Nc2ccccc2F)c1. The van der Waals surface area contributed by atoms with Crippen LogP contribution in [0.1, 0.15) is 45.7 Å². The van der Waals surface area contributed by atoms with Gasteiger partial charge in [-0.3, -0.25) is 14.6 Å². The van der Waals surface area contributed by atoms with Gasteiger partial charge in [-0.1, -0.05) is 44.2 Å². The molecule has 1 heterocycles. The van der Waals surface area contributed by atoms with Crippen molar-refractivity contribution < 1.29 is 14.0 Å². The molecule has 3 rings (SSSR count). The van der Waals surface area contributed by atoms with Crippen molar-refractivity contribution in [3.05, 3.63) is 89.0 Å². The van der Waals surface area contributed by atoms with Crippen LogP contribution in [0.4, 0.5) is 15.8 Å². The Kier molecular flexibility index (Phi) is 6.34. The molecule has 0 aliphatic carbocycles. The maximum Gasteiger partial charge on any atom is 0.257 e. The highest BCUT2D eigenvalue weighted by Gasteiger charge is 2.15. The van der Waals surface area contributed by atoms with Gasteiger partial charge >= 0.3 is 0 Å². The van der Waals surface area contributed by atoms with E-state index < -0.39 is 11.7 Å². The molecule has 148 valence electrons. The number of rotatable bonds is 6. The van der Waals surface area contributed by atoms with Crippen LogP contribution < -0.4 is 10.6 Å². The summed E-state index contributed by atoms with van der Waals surface area (Å²) in [6.45, 7) is 4.05. The van der Waals surface area contributed by atoms with E-state index in [4.69, 9.17) is 0 Å². The highest BCUT2D eigenvalue weighted by molar-refractivity contribution is 6.08. The van der Waals surface area contributed by atoms with Crippen LogP contribution in [0, 0.1) is 5.82 Å². The first kappa shape index (κ1) is 20.2. The number of anilines is 2. The summed E-state index contributed by atoms with van der Waals surface area (Å²) in [5.41, 5.74) is 3.36. The molecule has 0 aliphatic heterocycles. The summed E-state index contributed by atoms with van der Waals surface area (Å²) in [6.07, 6.45) is 4.30. The van der Waals surface area contributed by atoms with Gasteiger partial charge in [0.15, 0.2) is 0 Å². The van der Waals surface area contributed by atoms with Gasteiger partial charge in [0.25, 0.3) is 11.8 Å². The number of nitrogens with zero attached hydrogens (tertiary/aromatic N) is 1. The van der Waals surface area contributed by atoms with Crippen LogP contribution in [0.5, 0.6) is 0 Å². The number of hydrogen-bond donors (Lipinski definition) is 2. The number of halogens is 1. The highest BCUT2D eigenvalue weighted by atomic mass is 19.1. The van der Waals surface area contributed by atoms with Gasteiger partial charge in [0.2, 0.25) is 0 Å². The van der Waals surface area contributed by atoms with Crippen LogP contribution in [0.3, 0.4) is 0 Å². The lowest BCUT2D eigenvalue weighted by Crippen LogP contribution is -2.18. The van der Waals surface area contributed by atoms with Crippen molar-refractivity contribution >= 4 is 23.2 Å². The largest absolute Gasteiger partial charge is 0.321 e. The second kappa shape index (κ2) is 9.10. The van der Waals surface area contributed by atoms with Crippen LogP contribution in [0.15, 0.2) is 60.9 Å². The Bertz CT molecular complexity index is 1030. The molecule has 0 fully saturated rings. The van der Waals surface area contributed by atoms with Crippen LogP contribution in [0.25, 0.3) is 0 Å². The maximum atomic E-state index is 13.8. The van der Waals surface area contributed by atoms with E-state index >= 15 is 0 Å². The zero-order chi connectivity index (χ0) is 20.8. The summed E-state index contributed by atoms with van der Waals surface area (Å²) < 4.78 is 13.8. The summed E-state index contributed by atoms with van der Waals surface area (Å²) in [6, 6.07) is 13.3. The van der Waals surface area contributed by atoms with Crippen molar-refractivity contribution in [1.82, 2.24) is 4.98 Å². The number of para-hydroxylation sites is 2. The van der Waals surface area contributed by atoms with Gasteiger partial charge in [0.05, 0.1) is 16.8 Å². The van der Waals surface area contributed by atoms with Crippen molar-refractivity contribution in [2.75, 3.05) is 10.6 Å². The number of carbonyl (C=O) groups excluding carboxylic acids is 2. The average Bonchev–Trinajstić information content (AvgIpc) is 2.75. The number of benzene rings is 2. The Balaban J connectivity index is 1.82. The molecule has 2 amide bonds. The van der Waals surface area contributed by atoms with E-state index in [1.165, 1.54) is 36.7 Å². The summed E-state index contributed by atoms with van der Waals surface area (Å²) in [4.78, 5) is 29.2. The van der Waals surface area contributed by atoms with Crippen molar-refractivity contribution in [3.63, 3.8) is 0 Å². The summed E-state index contributed by atoms with van der Waals surface area (Å²) in [7, 11) is 0. The molecule has 0 saturated carbocycles. The third-order valence-electron chi connectivity index (χ3n) is 4.62. The predicted octanol–water partition coefficient (Wildman–Crippen LogP) is 4.85. The second-order valence-electron chi connectivity index (χ2n) is 6.51. The van der Waals surface area contributed by atoms with Crippen LogP contribution in [0.2, 0.25) is 0 Å². The van der Waals surface area contributed by atoms with E-state index in [1.54, 1.807) is 6.07 Å². The monoisotopic (exact) mass is 391 g/mol. The maximum absolute atomic E-state index is 13.8. The van der Waals surface area contributed by atoms with Crippen molar-refractivity contribution in [3.8, 4) is 0 Å². The molecule has 0 atom stereocenters. The molecule has 0 aliphatic rings. The Morgan fingerprint density at radius 1 is 0.862 bits per heavy atom. The van der Waals surface area contributed by atoms with Crippen LogP contribution in [-0.4, -0.2) is 16.8 Å². The second-order valence-corrected chi connectivity index (χ2v) is 6.51. The molecule has 0 spiro atoms. The van der Waals surface area contributed by atoms with E-state index in [0.717, 1.165) is 29.7 Å². The highest BCUT2D eigenvalue weighted by Crippen LogP contribution is 2.23. The summed E-state index contributed by atoms with van der Waals surface area (Å²) >= 11 is 0. The van der Waals surface area contributed by atoms with Crippen molar-refractivity contribution in [1.29, 1.82) is 0 Å². The number of nitrogens with one attached hydrogen (secondary N) is 2. The normalized spacial score (nSPS) is 10.4. The van der Waals surface area contributed by atoms with Gasteiger partial charge in [-0.15, -0.1) is 0 Å². The number of aryl methyl sites for hydroxylation is 2. The van der Waals surface area contributed by atoms with Gasteiger partial charge in [0.1, 0.15) is 5.82 Å². The van der Waals surface area contributed by atoms with E-state index in [9.17, 15) is 14.0 Å². The van der Waals surface area contributed by atoms with Crippen LogP contribution in [-0.2, 0) is 12.8 Å². The lowest BCUT2D eigenvalue weighted by Gasteiger charge is -2.14. The van der Waals surface area contributed by atoms with Gasteiger partial charge in [-0.2, -0.15) is 0 Å². The average molecular weight is 391 g/mol. The van der Waals surface area contributed by atoms with Gasteiger partial charge < -0.3 is 10.6 Å². The summed E-state index contributed by atoms with van der Waals surface area (Å²) in [5.74, 6) is -1.43. The fourth-order valence-electron chi connectivity index (χ4n) is 3.03. The zero-order valence-electron chi connectivity index (χ0n) is 16.3. The number of carbonyl (C=O) groups is 2. The molecule has 0 saturated heterocycles. The molecule has 1 aromatic heterocycles. The smallest absolute Gasteiger partial charge is 0.257 e. The quantitative estimate of drug-likeness (QED) is 0.631. The predicted molar refractivity (Wildman–Crippen MR) is 112 cm³/mol. The first-order chi connectivity index (χ1) is 14.0. The Labute approximate surface area is 169 Å². The van der Waals surface area contributed by atoms with Crippen molar-refractivity contribution in [2.45, 2.75) is 26.7 Å². The lowest BCUT2D eigenvalue weighted by molar-refractivity contribution is 0.102. The molecule has 0 unspecified atom stereocenters. The molecule has 0 bridgehead atoms. The first-order valence-corrected chi connectivity index (χ1v) is 9.46. The third-order valence-corrected chi connectivity index (χ3v) is 4.62. The first-order valence-electron chi connectivity index (χ1n) is 9.46. The Morgan fingerprint density at radius 2 is 1.45 bits per heavy atom. The molecule has 3 aromatic rings. The number of hydrogen-bond acceptors (Lipinski definition) is 3. The van der Waals surface area contributed by atoms with Gasteiger partial charge in [0, 0.05) is 18.1 Å². The summed E-state index contributed by atoms with van der Waals surface area (Å²) in [5, 5.41) is 5.44. The Hall–Kier alpha value is -3.54. The van der Waals surface area contributed by atoms with Gasteiger partial charge in [-0.25, -0.2) is 4.39 Å². The minimum Gasteiger partial charge on any atom is -0.321 e. The molecule has 29 heavy (non-hydrogen) atoms. The Morgan fingerprint density at radius 3 is 2.03 bits per heavy atom. The third kappa shape index (κ3) is 4.66. The molecule has 2 aromatic carbocycles. The van der Waals surface area contributed by atoms with E-state index in [-0.39, 0.29) is 22.7 Å². The van der Waals surface area contributed by atoms with E-state index in [0.29, 0.717) is 0 Å². The minimum atomic E-state index is -0.541. The fraction of sp³-hybridized carbons (Fsp3) is 0.174. The number of pyridine rings is 1. The molecule has 2 N–H and O–H groups in total. The lowest BCUT2D eigenvalue weighted by atomic mass is 10.0. The molecular formula is C23H22FN3O2. The molecule has 6 heteroatoms. The topological polar surface area (TPSA) is 71.1 Å². The van der Waals surface area contributed by atoms with Gasteiger partial charge in [-0.05, 0) is 42.2 Å². The number of amides is 2. The fourth-order valence-corrected chi connectivity index (χ4v) is 3.03. The molecule has 5 nitrogen and oxygen atoms in total. The number of aromatic nitrogens is 1. The van der Waals surface area contributed by atoms with Crippen LogP contribution >= 0.6 is 0 Å². The molecule has 0 radical (unpaired) electrons. The van der Waals surface area contributed by atoms with Crippen molar-refractivity contribution in [2.24, 2.45) is 0 Å². The minimum absolute atomic E-state index is 0.0665. The molecular weight excluding hydrogens is 369 g/mol.